The topological polar surface area (TPSA) is 66.2 Å². The Balaban J connectivity index is 2.40. The van der Waals surface area contributed by atoms with Crippen molar-refractivity contribution in [1.82, 2.24) is 9.97 Å². The third-order valence-electron chi connectivity index (χ3n) is 1.40. The number of rotatable bonds is 5. The van der Waals surface area contributed by atoms with Crippen LogP contribution in [-0.2, 0) is 6.61 Å². The van der Waals surface area contributed by atoms with Crippen LogP contribution in [-0.4, -0.2) is 32.5 Å². The normalized spacial score (nSPS) is 10.3. The smallest absolute Gasteiger partial charge is 0.187 e. The minimum atomic E-state index is -0.0262. The van der Waals surface area contributed by atoms with E-state index in [1.54, 1.807) is 12.4 Å². The summed E-state index contributed by atoms with van der Waals surface area (Å²) in [6.07, 6.45) is 3.96. The van der Waals surface area contributed by atoms with Crippen molar-refractivity contribution in [1.29, 1.82) is 0 Å². The lowest BCUT2D eigenvalue weighted by Gasteiger charge is -1.98. The van der Waals surface area contributed by atoms with Gasteiger partial charge in [-0.2, -0.15) is 0 Å². The molecule has 0 spiro atoms. The highest BCUT2D eigenvalue weighted by Gasteiger charge is 1.97. The largest absolute Gasteiger partial charge is 0.396 e. The van der Waals surface area contributed by atoms with E-state index in [2.05, 4.69) is 9.97 Å². The second kappa shape index (κ2) is 5.90. The van der Waals surface area contributed by atoms with Crippen LogP contribution in [0, 0.1) is 0 Å². The van der Waals surface area contributed by atoms with Crippen molar-refractivity contribution < 1.29 is 10.2 Å². The number of hydrogen-bond donors (Lipinski definition) is 2. The Hall–Kier alpha value is -0.650. The van der Waals surface area contributed by atoms with E-state index in [-0.39, 0.29) is 13.2 Å². The number of nitrogens with zero attached hydrogens (tertiary/aromatic N) is 2. The van der Waals surface area contributed by atoms with Gasteiger partial charge in [0.25, 0.3) is 0 Å². The molecule has 4 nitrogen and oxygen atoms in total. The molecule has 0 bridgehead atoms. The second-order valence-electron chi connectivity index (χ2n) is 2.46. The van der Waals surface area contributed by atoms with Crippen LogP contribution >= 0.6 is 11.8 Å². The fourth-order valence-corrected chi connectivity index (χ4v) is 1.44. The van der Waals surface area contributed by atoms with E-state index in [0.29, 0.717) is 10.7 Å². The molecule has 0 aliphatic rings. The zero-order valence-corrected chi connectivity index (χ0v) is 8.00. The Morgan fingerprint density at radius 3 is 2.46 bits per heavy atom. The van der Waals surface area contributed by atoms with Gasteiger partial charge in [0.05, 0.1) is 6.61 Å². The molecule has 0 saturated heterocycles. The van der Waals surface area contributed by atoms with Crippen molar-refractivity contribution in [2.75, 3.05) is 12.4 Å². The van der Waals surface area contributed by atoms with E-state index < -0.39 is 0 Å². The van der Waals surface area contributed by atoms with Gasteiger partial charge in [0.1, 0.15) is 0 Å². The molecule has 0 radical (unpaired) electrons. The summed E-state index contributed by atoms with van der Waals surface area (Å²) in [4.78, 5) is 8.06. The number of aromatic nitrogens is 2. The Labute approximate surface area is 81.0 Å². The maximum Gasteiger partial charge on any atom is 0.187 e. The van der Waals surface area contributed by atoms with Crippen molar-refractivity contribution in [3.63, 3.8) is 0 Å². The lowest BCUT2D eigenvalue weighted by molar-refractivity contribution is 0.280. The first-order chi connectivity index (χ1) is 6.36. The van der Waals surface area contributed by atoms with Gasteiger partial charge in [-0.15, -0.1) is 0 Å². The van der Waals surface area contributed by atoms with Gasteiger partial charge in [-0.3, -0.25) is 0 Å². The average molecular weight is 200 g/mol. The van der Waals surface area contributed by atoms with Crippen LogP contribution in [0.2, 0.25) is 0 Å². The number of thioether (sulfide) groups is 1. The summed E-state index contributed by atoms with van der Waals surface area (Å²) >= 11 is 1.50. The number of aliphatic hydroxyl groups is 2. The molecular formula is C8H12N2O2S. The predicted molar refractivity (Wildman–Crippen MR) is 50.4 cm³/mol. The van der Waals surface area contributed by atoms with E-state index in [0.717, 1.165) is 12.2 Å². The molecule has 1 heterocycles. The standard InChI is InChI=1S/C8H12N2O2S/c11-2-1-3-13-8-9-4-7(6-12)5-10-8/h4-5,11-12H,1-3,6H2. The van der Waals surface area contributed by atoms with Crippen LogP contribution in [0.25, 0.3) is 0 Å². The van der Waals surface area contributed by atoms with Gasteiger partial charge in [0, 0.05) is 30.3 Å². The molecule has 5 heteroatoms. The Kier molecular flexibility index (Phi) is 4.74. The molecule has 2 N–H and O–H groups in total. The van der Waals surface area contributed by atoms with E-state index in [1.807, 2.05) is 0 Å². The molecule has 0 unspecified atom stereocenters. The van der Waals surface area contributed by atoms with Crippen molar-refractivity contribution >= 4 is 11.8 Å². The van der Waals surface area contributed by atoms with E-state index in [4.69, 9.17) is 10.2 Å². The van der Waals surface area contributed by atoms with Crippen LogP contribution in [0.1, 0.15) is 12.0 Å². The van der Waals surface area contributed by atoms with E-state index in [1.165, 1.54) is 11.8 Å². The quantitative estimate of drug-likeness (QED) is 0.410. The SMILES string of the molecule is OCCCSc1ncc(CO)cn1. The highest BCUT2D eigenvalue weighted by Crippen LogP contribution is 2.12. The highest BCUT2D eigenvalue weighted by atomic mass is 32.2. The first-order valence-corrected chi connectivity index (χ1v) is 5.01. The minimum absolute atomic E-state index is 0.0262. The molecule has 0 atom stereocenters. The molecule has 13 heavy (non-hydrogen) atoms. The first-order valence-electron chi connectivity index (χ1n) is 4.02. The Bertz CT molecular complexity index is 240. The molecule has 0 aromatic carbocycles. The maximum atomic E-state index is 8.72. The molecule has 1 aromatic heterocycles. The molecule has 0 amide bonds. The summed E-state index contributed by atoms with van der Waals surface area (Å²) in [6, 6.07) is 0. The van der Waals surface area contributed by atoms with Crippen LogP contribution < -0.4 is 0 Å². The molecule has 1 rings (SSSR count). The highest BCUT2D eigenvalue weighted by molar-refractivity contribution is 7.99. The molecule has 0 fully saturated rings. The molecular weight excluding hydrogens is 188 g/mol. The minimum Gasteiger partial charge on any atom is -0.396 e. The predicted octanol–water partition coefficient (Wildman–Crippen LogP) is 0.443. The van der Waals surface area contributed by atoms with Gasteiger partial charge in [0.2, 0.25) is 0 Å². The third kappa shape index (κ3) is 3.71. The zero-order valence-electron chi connectivity index (χ0n) is 7.18. The summed E-state index contributed by atoms with van der Waals surface area (Å²) in [6.45, 7) is 0.170. The van der Waals surface area contributed by atoms with Gasteiger partial charge < -0.3 is 10.2 Å². The fourth-order valence-electron chi connectivity index (χ4n) is 0.727. The number of hydrogen-bond acceptors (Lipinski definition) is 5. The van der Waals surface area contributed by atoms with Crippen molar-refractivity contribution in [3.05, 3.63) is 18.0 Å². The molecule has 1 aromatic rings. The third-order valence-corrected chi connectivity index (χ3v) is 2.36. The Morgan fingerprint density at radius 1 is 1.23 bits per heavy atom. The van der Waals surface area contributed by atoms with E-state index >= 15 is 0 Å². The van der Waals surface area contributed by atoms with Crippen molar-refractivity contribution in [2.24, 2.45) is 0 Å². The molecule has 0 aliphatic carbocycles. The van der Waals surface area contributed by atoms with Crippen LogP contribution in [0.5, 0.6) is 0 Å². The Morgan fingerprint density at radius 2 is 1.92 bits per heavy atom. The zero-order chi connectivity index (χ0) is 9.52. The average Bonchev–Trinajstić information content (AvgIpc) is 2.19. The number of aliphatic hydroxyl groups excluding tert-OH is 2. The summed E-state index contributed by atoms with van der Waals surface area (Å²) < 4.78 is 0. The van der Waals surface area contributed by atoms with Gasteiger partial charge in [-0.1, -0.05) is 11.8 Å². The second-order valence-corrected chi connectivity index (χ2v) is 3.52. The lowest BCUT2D eigenvalue weighted by atomic mass is 10.4. The van der Waals surface area contributed by atoms with Crippen molar-refractivity contribution in [2.45, 2.75) is 18.2 Å². The monoisotopic (exact) mass is 200 g/mol. The lowest BCUT2D eigenvalue weighted by Crippen LogP contribution is -1.92. The summed E-state index contributed by atoms with van der Waals surface area (Å²) in [5, 5.41) is 17.9. The van der Waals surface area contributed by atoms with Gasteiger partial charge in [-0.25, -0.2) is 9.97 Å². The molecule has 0 saturated carbocycles. The first kappa shape index (κ1) is 10.4. The summed E-state index contributed by atoms with van der Waals surface area (Å²) in [5.41, 5.74) is 0.714. The van der Waals surface area contributed by atoms with Crippen LogP contribution in [0.4, 0.5) is 0 Å². The van der Waals surface area contributed by atoms with Crippen LogP contribution in [0.3, 0.4) is 0 Å². The summed E-state index contributed by atoms with van der Waals surface area (Å²) in [5.74, 6) is 0.814. The van der Waals surface area contributed by atoms with E-state index in [9.17, 15) is 0 Å². The summed E-state index contributed by atoms with van der Waals surface area (Å²) in [7, 11) is 0. The maximum absolute atomic E-state index is 8.72. The van der Waals surface area contributed by atoms with Crippen molar-refractivity contribution in [3.8, 4) is 0 Å². The molecule has 72 valence electrons. The van der Waals surface area contributed by atoms with Gasteiger partial charge >= 0.3 is 0 Å². The van der Waals surface area contributed by atoms with Gasteiger partial charge in [0.15, 0.2) is 5.16 Å². The van der Waals surface area contributed by atoms with Gasteiger partial charge in [-0.05, 0) is 6.42 Å². The molecule has 0 aliphatic heterocycles. The fraction of sp³-hybridized carbons (Fsp3) is 0.500. The van der Waals surface area contributed by atoms with Crippen LogP contribution in [0.15, 0.2) is 17.6 Å².